The van der Waals surface area contributed by atoms with Crippen LogP contribution in [0, 0.1) is 5.92 Å². The van der Waals surface area contributed by atoms with Crippen molar-refractivity contribution in [2.24, 2.45) is 11.7 Å². The average molecular weight is 317 g/mol. The second kappa shape index (κ2) is 7.87. The molecule has 0 bridgehead atoms. The Morgan fingerprint density at radius 1 is 1.45 bits per heavy atom. The van der Waals surface area contributed by atoms with Crippen LogP contribution in [0.2, 0.25) is 5.02 Å². The number of carbonyl (C=O) groups excluding carboxylic acids is 1. The molecular formula is C15H22Cl2N2O. The normalized spacial score (nSPS) is 21.4. The number of halogens is 2. The van der Waals surface area contributed by atoms with Crippen molar-refractivity contribution < 1.29 is 4.79 Å². The van der Waals surface area contributed by atoms with Crippen LogP contribution in [0.15, 0.2) is 24.3 Å². The number of nitrogens with two attached hydrogens (primary N) is 1. The van der Waals surface area contributed by atoms with Gasteiger partial charge in [0.2, 0.25) is 5.91 Å². The minimum Gasteiger partial charge on any atom is -0.338 e. The number of amides is 1. The van der Waals surface area contributed by atoms with Gasteiger partial charge in [-0.05, 0) is 43.9 Å². The molecule has 0 spiro atoms. The first-order chi connectivity index (χ1) is 9.10. The Balaban J connectivity index is 0.00000200. The molecule has 2 atom stereocenters. The first kappa shape index (κ1) is 17.3. The van der Waals surface area contributed by atoms with Crippen molar-refractivity contribution in [2.45, 2.75) is 38.8 Å². The summed E-state index contributed by atoms with van der Waals surface area (Å²) in [6, 6.07) is 7.87. The highest BCUT2D eigenvalue weighted by Gasteiger charge is 2.30. The van der Waals surface area contributed by atoms with Crippen LogP contribution >= 0.6 is 24.0 Å². The Morgan fingerprint density at radius 3 is 2.75 bits per heavy atom. The standard InChI is InChI=1S/C15H21ClN2O.ClH/c1-2-18(10-11-4-3-5-13(16)8-11)15(19)12-6-7-14(17)9-12;/h3-5,8,12,14H,2,6-7,9-10,17H2,1H3;1H. The zero-order valence-corrected chi connectivity index (χ0v) is 13.3. The van der Waals surface area contributed by atoms with Gasteiger partial charge in [0.25, 0.3) is 0 Å². The molecule has 0 radical (unpaired) electrons. The van der Waals surface area contributed by atoms with Crippen molar-refractivity contribution in [3.63, 3.8) is 0 Å². The molecule has 0 saturated heterocycles. The maximum atomic E-state index is 12.4. The molecule has 20 heavy (non-hydrogen) atoms. The molecular weight excluding hydrogens is 295 g/mol. The largest absolute Gasteiger partial charge is 0.338 e. The lowest BCUT2D eigenvalue weighted by Crippen LogP contribution is -2.35. The second-order valence-electron chi connectivity index (χ2n) is 5.25. The van der Waals surface area contributed by atoms with Crippen molar-refractivity contribution in [3.05, 3.63) is 34.9 Å². The summed E-state index contributed by atoms with van der Waals surface area (Å²) in [6.45, 7) is 3.36. The van der Waals surface area contributed by atoms with Gasteiger partial charge in [-0.15, -0.1) is 12.4 Å². The third-order valence-corrected chi connectivity index (χ3v) is 4.01. The molecule has 1 aromatic carbocycles. The molecule has 0 aromatic heterocycles. The fourth-order valence-electron chi connectivity index (χ4n) is 2.70. The van der Waals surface area contributed by atoms with Crippen LogP contribution in [0.4, 0.5) is 0 Å². The van der Waals surface area contributed by atoms with E-state index in [0.717, 1.165) is 31.4 Å². The number of hydrogen-bond donors (Lipinski definition) is 1. The topological polar surface area (TPSA) is 46.3 Å². The molecule has 2 unspecified atom stereocenters. The van der Waals surface area contributed by atoms with Crippen molar-refractivity contribution in [3.8, 4) is 0 Å². The molecule has 1 fully saturated rings. The van der Waals surface area contributed by atoms with E-state index < -0.39 is 0 Å². The lowest BCUT2D eigenvalue weighted by atomic mass is 10.1. The molecule has 1 aromatic rings. The van der Waals surface area contributed by atoms with Crippen LogP contribution in [-0.4, -0.2) is 23.4 Å². The summed E-state index contributed by atoms with van der Waals surface area (Å²) in [4.78, 5) is 14.3. The molecule has 1 saturated carbocycles. The summed E-state index contributed by atoms with van der Waals surface area (Å²) in [6.07, 6.45) is 2.71. The van der Waals surface area contributed by atoms with Crippen molar-refractivity contribution >= 4 is 29.9 Å². The highest BCUT2D eigenvalue weighted by molar-refractivity contribution is 6.30. The van der Waals surface area contributed by atoms with E-state index in [1.54, 1.807) is 0 Å². The van der Waals surface area contributed by atoms with Crippen molar-refractivity contribution in [2.75, 3.05) is 6.54 Å². The Kier molecular flexibility index (Phi) is 6.80. The zero-order valence-electron chi connectivity index (χ0n) is 11.7. The Morgan fingerprint density at radius 2 is 2.20 bits per heavy atom. The van der Waals surface area contributed by atoms with Gasteiger partial charge in [0.15, 0.2) is 0 Å². The molecule has 1 aliphatic carbocycles. The number of benzene rings is 1. The highest BCUT2D eigenvalue weighted by atomic mass is 35.5. The first-order valence-corrected chi connectivity index (χ1v) is 7.26. The lowest BCUT2D eigenvalue weighted by Gasteiger charge is -2.24. The minimum absolute atomic E-state index is 0. The summed E-state index contributed by atoms with van der Waals surface area (Å²) in [5, 5.41) is 0.712. The molecule has 2 rings (SSSR count). The summed E-state index contributed by atoms with van der Waals surface area (Å²) in [5.41, 5.74) is 6.96. The van der Waals surface area contributed by atoms with E-state index in [4.69, 9.17) is 17.3 Å². The molecule has 112 valence electrons. The zero-order chi connectivity index (χ0) is 13.8. The third kappa shape index (κ3) is 4.37. The summed E-state index contributed by atoms with van der Waals surface area (Å²) < 4.78 is 0. The number of nitrogens with zero attached hydrogens (tertiary/aromatic N) is 1. The van der Waals surface area contributed by atoms with E-state index in [-0.39, 0.29) is 30.3 Å². The monoisotopic (exact) mass is 316 g/mol. The molecule has 1 aliphatic rings. The predicted octanol–water partition coefficient (Wildman–Crippen LogP) is 3.24. The average Bonchev–Trinajstić information content (AvgIpc) is 2.82. The lowest BCUT2D eigenvalue weighted by molar-refractivity contribution is -0.135. The van der Waals surface area contributed by atoms with Gasteiger partial charge in [-0.2, -0.15) is 0 Å². The fourth-order valence-corrected chi connectivity index (χ4v) is 2.91. The second-order valence-corrected chi connectivity index (χ2v) is 5.69. The molecule has 0 heterocycles. The van der Waals surface area contributed by atoms with Crippen molar-refractivity contribution in [1.82, 2.24) is 4.90 Å². The Labute approximate surface area is 131 Å². The van der Waals surface area contributed by atoms with Crippen LogP contribution in [0.5, 0.6) is 0 Å². The fraction of sp³-hybridized carbons (Fsp3) is 0.533. The van der Waals surface area contributed by atoms with E-state index in [1.165, 1.54) is 0 Å². The quantitative estimate of drug-likeness (QED) is 0.927. The molecule has 3 nitrogen and oxygen atoms in total. The van der Waals surface area contributed by atoms with Gasteiger partial charge in [0.1, 0.15) is 0 Å². The first-order valence-electron chi connectivity index (χ1n) is 6.89. The van der Waals surface area contributed by atoms with Crippen LogP contribution in [0.3, 0.4) is 0 Å². The van der Waals surface area contributed by atoms with Gasteiger partial charge >= 0.3 is 0 Å². The maximum Gasteiger partial charge on any atom is 0.226 e. The predicted molar refractivity (Wildman–Crippen MR) is 85.1 cm³/mol. The summed E-state index contributed by atoms with van der Waals surface area (Å²) in [5.74, 6) is 0.338. The van der Waals surface area contributed by atoms with E-state index >= 15 is 0 Å². The molecule has 0 aliphatic heterocycles. The Hall–Kier alpha value is -0.770. The summed E-state index contributed by atoms with van der Waals surface area (Å²) >= 11 is 5.98. The smallest absolute Gasteiger partial charge is 0.226 e. The van der Waals surface area contributed by atoms with Crippen LogP contribution in [-0.2, 0) is 11.3 Å². The van der Waals surface area contributed by atoms with Gasteiger partial charge in [-0.3, -0.25) is 4.79 Å². The Bertz CT molecular complexity index is 453. The minimum atomic E-state index is 0. The van der Waals surface area contributed by atoms with Gasteiger partial charge in [0.05, 0.1) is 0 Å². The van der Waals surface area contributed by atoms with Crippen LogP contribution in [0.1, 0.15) is 31.7 Å². The third-order valence-electron chi connectivity index (χ3n) is 3.78. The summed E-state index contributed by atoms with van der Waals surface area (Å²) in [7, 11) is 0. The van der Waals surface area contributed by atoms with Gasteiger partial charge < -0.3 is 10.6 Å². The van der Waals surface area contributed by atoms with Gasteiger partial charge in [0, 0.05) is 30.1 Å². The number of rotatable bonds is 4. The van der Waals surface area contributed by atoms with E-state index in [0.29, 0.717) is 11.6 Å². The van der Waals surface area contributed by atoms with Gasteiger partial charge in [-0.25, -0.2) is 0 Å². The van der Waals surface area contributed by atoms with E-state index in [2.05, 4.69) is 0 Å². The van der Waals surface area contributed by atoms with Crippen molar-refractivity contribution in [1.29, 1.82) is 0 Å². The number of hydrogen-bond acceptors (Lipinski definition) is 2. The molecule has 2 N–H and O–H groups in total. The van der Waals surface area contributed by atoms with Gasteiger partial charge in [-0.1, -0.05) is 23.7 Å². The van der Waals surface area contributed by atoms with Crippen LogP contribution in [0.25, 0.3) is 0 Å². The van der Waals surface area contributed by atoms with E-state index in [9.17, 15) is 4.79 Å². The van der Waals surface area contributed by atoms with Crippen LogP contribution < -0.4 is 5.73 Å². The maximum absolute atomic E-state index is 12.4. The highest BCUT2D eigenvalue weighted by Crippen LogP contribution is 2.26. The number of carbonyl (C=O) groups is 1. The SMILES string of the molecule is CCN(Cc1cccc(Cl)c1)C(=O)C1CCC(N)C1.Cl. The molecule has 1 amide bonds. The molecule has 5 heteroatoms. The van der Waals surface area contributed by atoms with E-state index in [1.807, 2.05) is 36.1 Å².